The van der Waals surface area contributed by atoms with Gasteiger partial charge in [-0.1, -0.05) is 45.4 Å². The quantitative estimate of drug-likeness (QED) is 0.355. The molecule has 0 bridgehead atoms. The monoisotopic (exact) mass is 319 g/mol. The lowest BCUT2D eigenvalue weighted by Crippen LogP contribution is -2.13. The van der Waals surface area contributed by atoms with E-state index in [0.29, 0.717) is 12.2 Å². The molecule has 0 heterocycles. The minimum absolute atomic E-state index is 0.461. The van der Waals surface area contributed by atoms with Gasteiger partial charge in [0, 0.05) is 0 Å². The van der Waals surface area contributed by atoms with Crippen LogP contribution in [0.3, 0.4) is 0 Å². The van der Waals surface area contributed by atoms with Gasteiger partial charge in [0.05, 0.1) is 12.2 Å². The second-order valence-electron chi connectivity index (χ2n) is 5.99. The normalized spacial score (nSPS) is 15.3. The van der Waals surface area contributed by atoms with Crippen LogP contribution < -0.4 is 4.74 Å². The van der Waals surface area contributed by atoms with Crippen LogP contribution in [0, 0.1) is 6.10 Å². The number of unbranched alkanes of at least 4 members (excludes halogenated alkanes) is 3. The fraction of sp³-hybridized carbons (Fsp3) is 0.579. The summed E-state index contributed by atoms with van der Waals surface area (Å²) in [5.74, 6) is 0.318. The van der Waals surface area contributed by atoms with Crippen molar-refractivity contribution in [2.24, 2.45) is 0 Å². The van der Waals surface area contributed by atoms with Crippen molar-refractivity contribution in [1.82, 2.24) is 0 Å². The highest BCUT2D eigenvalue weighted by Gasteiger charge is 2.18. The minimum Gasteiger partial charge on any atom is -0.494 e. The van der Waals surface area contributed by atoms with E-state index >= 15 is 0 Å². The first-order chi connectivity index (χ1) is 11.3. The van der Waals surface area contributed by atoms with Gasteiger partial charge in [-0.25, -0.2) is 4.79 Å². The lowest BCUT2D eigenvalue weighted by atomic mass is 9.98. The molecule has 4 heteroatoms. The number of hydrogen-bond acceptors (Lipinski definition) is 4. The van der Waals surface area contributed by atoms with Crippen molar-refractivity contribution >= 4 is 5.97 Å². The molecule has 127 valence electrons. The molecule has 1 fully saturated rings. The van der Waals surface area contributed by atoms with Crippen LogP contribution in [0.1, 0.15) is 75.1 Å². The average molecular weight is 319 g/mol. The molecule has 23 heavy (non-hydrogen) atoms. The van der Waals surface area contributed by atoms with Crippen molar-refractivity contribution in [3.63, 3.8) is 0 Å². The predicted octanol–water partition coefficient (Wildman–Crippen LogP) is 5.23. The van der Waals surface area contributed by atoms with Gasteiger partial charge in [-0.15, -0.1) is 0 Å². The Morgan fingerprint density at radius 2 is 1.74 bits per heavy atom. The second kappa shape index (κ2) is 10.3. The molecule has 1 aromatic rings. The molecule has 0 atom stereocenters. The number of rotatable bonds is 9. The van der Waals surface area contributed by atoms with Gasteiger partial charge in [0.2, 0.25) is 0 Å². The van der Waals surface area contributed by atoms with Crippen LogP contribution in [-0.4, -0.2) is 12.6 Å². The van der Waals surface area contributed by atoms with E-state index in [1.807, 2.05) is 0 Å². The summed E-state index contributed by atoms with van der Waals surface area (Å²) in [4.78, 5) is 22.0. The summed E-state index contributed by atoms with van der Waals surface area (Å²) in [5, 5.41) is 0. The van der Waals surface area contributed by atoms with Crippen LogP contribution >= 0.6 is 0 Å². The first kappa shape index (κ1) is 17.8. The Bertz CT molecular complexity index is 449. The molecule has 1 saturated carbocycles. The smallest absolute Gasteiger partial charge is 0.373 e. The third kappa shape index (κ3) is 6.61. The molecule has 0 unspecified atom stereocenters. The maximum atomic E-state index is 11.9. The van der Waals surface area contributed by atoms with E-state index in [1.54, 1.807) is 24.3 Å². The summed E-state index contributed by atoms with van der Waals surface area (Å²) >= 11 is 0. The third-order valence-electron chi connectivity index (χ3n) is 4.00. The minimum atomic E-state index is -0.461. The summed E-state index contributed by atoms with van der Waals surface area (Å²) in [6.07, 6.45) is 10.8. The maximum absolute atomic E-state index is 11.9. The molecule has 0 spiro atoms. The largest absolute Gasteiger partial charge is 0.494 e. The fourth-order valence-corrected chi connectivity index (χ4v) is 2.58. The standard InChI is InChI=1S/C19H27O4/c1-2-3-4-8-15-21-17-13-11-16(12-14-17)19(20)23-22-18-9-6-5-7-10-18/h11-14H,2-10,15H2,1H3. The molecule has 4 nitrogen and oxygen atoms in total. The van der Waals surface area contributed by atoms with E-state index < -0.39 is 5.97 Å². The van der Waals surface area contributed by atoms with Gasteiger partial charge in [-0.05, 0) is 43.5 Å². The van der Waals surface area contributed by atoms with Crippen LogP contribution in [0.5, 0.6) is 5.75 Å². The predicted molar refractivity (Wildman–Crippen MR) is 88.9 cm³/mol. The van der Waals surface area contributed by atoms with E-state index in [4.69, 9.17) is 14.5 Å². The fourth-order valence-electron chi connectivity index (χ4n) is 2.58. The van der Waals surface area contributed by atoms with Crippen molar-refractivity contribution in [3.8, 4) is 5.75 Å². The second-order valence-corrected chi connectivity index (χ2v) is 5.99. The van der Waals surface area contributed by atoms with Gasteiger partial charge in [0.15, 0.2) is 0 Å². The molecule has 1 aliphatic rings. The zero-order valence-corrected chi connectivity index (χ0v) is 14.0. The number of hydrogen-bond donors (Lipinski definition) is 0. The first-order valence-corrected chi connectivity index (χ1v) is 8.76. The molecule has 2 rings (SSSR count). The van der Waals surface area contributed by atoms with E-state index in [2.05, 4.69) is 6.92 Å². The molecule has 0 amide bonds. The molecular formula is C19H27O4. The van der Waals surface area contributed by atoms with Crippen LogP contribution in [-0.2, 0) is 9.78 Å². The zero-order valence-electron chi connectivity index (χ0n) is 14.0. The first-order valence-electron chi connectivity index (χ1n) is 8.76. The molecule has 0 aliphatic heterocycles. The van der Waals surface area contributed by atoms with E-state index in [-0.39, 0.29) is 0 Å². The lowest BCUT2D eigenvalue weighted by molar-refractivity contribution is -0.239. The highest BCUT2D eigenvalue weighted by atomic mass is 17.2. The number of benzene rings is 1. The van der Waals surface area contributed by atoms with Gasteiger partial charge in [0.25, 0.3) is 0 Å². The number of carbonyl (C=O) groups is 1. The molecule has 0 N–H and O–H groups in total. The molecule has 0 aromatic heterocycles. The van der Waals surface area contributed by atoms with Crippen molar-refractivity contribution in [3.05, 3.63) is 35.9 Å². The summed E-state index contributed by atoms with van der Waals surface area (Å²) < 4.78 is 5.65. The Balaban J connectivity index is 1.69. The van der Waals surface area contributed by atoms with E-state index in [0.717, 1.165) is 44.0 Å². The van der Waals surface area contributed by atoms with E-state index in [9.17, 15) is 4.79 Å². The van der Waals surface area contributed by atoms with Gasteiger partial charge in [-0.2, -0.15) is 4.89 Å². The van der Waals surface area contributed by atoms with Crippen LogP contribution in [0.2, 0.25) is 0 Å². The Morgan fingerprint density at radius 3 is 2.43 bits per heavy atom. The summed E-state index contributed by atoms with van der Waals surface area (Å²) in [6, 6.07) is 7.01. The van der Waals surface area contributed by atoms with Gasteiger partial charge < -0.3 is 4.74 Å². The Kier molecular flexibility index (Phi) is 7.95. The Labute approximate surface area is 139 Å². The highest BCUT2D eigenvalue weighted by Crippen LogP contribution is 2.27. The summed E-state index contributed by atoms with van der Waals surface area (Å²) in [5.41, 5.74) is 0.472. The van der Waals surface area contributed by atoms with Crippen LogP contribution in [0.25, 0.3) is 0 Å². The van der Waals surface area contributed by atoms with Crippen molar-refractivity contribution < 1.29 is 19.3 Å². The average Bonchev–Trinajstić information content (AvgIpc) is 2.61. The zero-order chi connectivity index (χ0) is 16.3. The molecule has 1 radical (unpaired) electrons. The lowest BCUT2D eigenvalue weighted by Gasteiger charge is -2.18. The maximum Gasteiger partial charge on any atom is 0.373 e. The summed E-state index contributed by atoms with van der Waals surface area (Å²) in [6.45, 7) is 2.90. The molecular weight excluding hydrogens is 292 g/mol. The Hall–Kier alpha value is -1.55. The van der Waals surface area contributed by atoms with Gasteiger partial charge in [0.1, 0.15) is 11.9 Å². The SMILES string of the molecule is CCCCCCOc1ccc(C(=O)OO[C]2CCCCC2)cc1. The van der Waals surface area contributed by atoms with Crippen LogP contribution in [0.15, 0.2) is 24.3 Å². The highest BCUT2D eigenvalue weighted by molar-refractivity contribution is 5.89. The van der Waals surface area contributed by atoms with Crippen LogP contribution in [0.4, 0.5) is 0 Å². The Morgan fingerprint density at radius 1 is 1.00 bits per heavy atom. The van der Waals surface area contributed by atoms with Gasteiger partial charge >= 0.3 is 5.97 Å². The topological polar surface area (TPSA) is 44.8 Å². The molecule has 1 aliphatic carbocycles. The van der Waals surface area contributed by atoms with Crippen molar-refractivity contribution in [2.45, 2.75) is 64.7 Å². The van der Waals surface area contributed by atoms with Crippen molar-refractivity contribution in [1.29, 1.82) is 0 Å². The number of carbonyl (C=O) groups excluding carboxylic acids is 1. The van der Waals surface area contributed by atoms with E-state index in [1.165, 1.54) is 25.7 Å². The molecule has 0 saturated heterocycles. The van der Waals surface area contributed by atoms with Gasteiger partial charge in [-0.3, -0.25) is 4.89 Å². The summed E-state index contributed by atoms with van der Waals surface area (Å²) in [7, 11) is 0. The van der Waals surface area contributed by atoms with Crippen molar-refractivity contribution in [2.75, 3.05) is 6.61 Å². The molecule has 1 aromatic carbocycles. The third-order valence-corrected chi connectivity index (χ3v) is 4.00. The number of ether oxygens (including phenoxy) is 1.